The molecule has 6 nitrogen and oxygen atoms in total. The van der Waals surface area contributed by atoms with E-state index >= 15 is 0 Å². The first kappa shape index (κ1) is 15.7. The number of aromatic carboxylic acids is 1. The van der Waals surface area contributed by atoms with Crippen LogP contribution < -0.4 is 10.7 Å². The Morgan fingerprint density at radius 1 is 1.35 bits per heavy atom. The fourth-order valence-corrected chi connectivity index (χ4v) is 3.22. The summed E-state index contributed by atoms with van der Waals surface area (Å²) in [6.07, 6.45) is 3.16. The third-order valence-corrected chi connectivity index (χ3v) is 4.53. The summed E-state index contributed by atoms with van der Waals surface area (Å²) in [5.41, 5.74) is 0.904. The first-order valence-electron chi connectivity index (χ1n) is 6.51. The number of nitrogens with zero attached hydrogens (tertiary/aromatic N) is 3. The van der Waals surface area contributed by atoms with Crippen LogP contribution >= 0.6 is 27.7 Å². The lowest BCUT2D eigenvalue weighted by Gasteiger charge is -2.08. The summed E-state index contributed by atoms with van der Waals surface area (Å²) in [5.74, 6) is -0.948. The number of halogens is 1. The maximum absolute atomic E-state index is 12.1. The zero-order chi connectivity index (χ0) is 16.4. The maximum atomic E-state index is 12.1. The van der Waals surface area contributed by atoms with Gasteiger partial charge in [-0.1, -0.05) is 11.8 Å². The van der Waals surface area contributed by atoms with Crippen LogP contribution in [0.2, 0.25) is 0 Å². The van der Waals surface area contributed by atoms with E-state index in [1.807, 2.05) is 0 Å². The largest absolute Gasteiger partial charge is 0.545 e. The number of carbonyl (C=O) groups is 1. The molecule has 3 aromatic heterocycles. The van der Waals surface area contributed by atoms with Crippen molar-refractivity contribution in [2.75, 3.05) is 0 Å². The second kappa shape index (κ2) is 6.51. The van der Waals surface area contributed by atoms with Crippen LogP contribution in [0, 0.1) is 0 Å². The van der Waals surface area contributed by atoms with Gasteiger partial charge in [0.05, 0.1) is 11.7 Å². The lowest BCUT2D eigenvalue weighted by Crippen LogP contribution is -2.23. The zero-order valence-electron chi connectivity index (χ0n) is 11.6. The molecule has 3 aromatic rings. The number of pyridine rings is 2. The molecule has 0 aliphatic rings. The molecule has 0 fully saturated rings. The van der Waals surface area contributed by atoms with Gasteiger partial charge in [-0.05, 0) is 40.2 Å². The van der Waals surface area contributed by atoms with Crippen LogP contribution in [-0.2, 0) is 5.75 Å². The van der Waals surface area contributed by atoms with Crippen molar-refractivity contribution in [1.29, 1.82) is 0 Å². The number of rotatable bonds is 4. The molecule has 0 saturated carbocycles. The fourth-order valence-electron chi connectivity index (χ4n) is 2.00. The van der Waals surface area contributed by atoms with Crippen LogP contribution in [0.5, 0.6) is 0 Å². The predicted molar refractivity (Wildman–Crippen MR) is 87.3 cm³/mol. The zero-order valence-corrected chi connectivity index (χ0v) is 14.0. The van der Waals surface area contributed by atoms with Crippen LogP contribution in [0.1, 0.15) is 16.1 Å². The van der Waals surface area contributed by atoms with Crippen molar-refractivity contribution < 1.29 is 9.90 Å². The third kappa shape index (κ3) is 3.43. The Kier molecular flexibility index (Phi) is 4.44. The fraction of sp³-hybridized carbons (Fsp3) is 0.0667. The van der Waals surface area contributed by atoms with Gasteiger partial charge in [0.2, 0.25) is 0 Å². The third-order valence-electron chi connectivity index (χ3n) is 3.02. The highest BCUT2D eigenvalue weighted by atomic mass is 79.9. The molecule has 0 radical (unpaired) electrons. The molecule has 0 saturated heterocycles. The lowest BCUT2D eigenvalue weighted by molar-refractivity contribution is -0.255. The molecule has 0 unspecified atom stereocenters. The Morgan fingerprint density at radius 2 is 2.17 bits per heavy atom. The van der Waals surface area contributed by atoms with Crippen LogP contribution in [-0.4, -0.2) is 20.3 Å². The topological polar surface area (TPSA) is 87.4 Å². The van der Waals surface area contributed by atoms with Crippen LogP contribution in [0.25, 0.3) is 5.65 Å². The first-order valence-corrected chi connectivity index (χ1v) is 8.29. The molecule has 23 heavy (non-hydrogen) atoms. The lowest BCUT2D eigenvalue weighted by atomic mass is 10.3. The molecule has 3 rings (SSSR count). The van der Waals surface area contributed by atoms with Crippen molar-refractivity contribution in [2.45, 2.75) is 10.8 Å². The SMILES string of the molecule is O=C([O-])c1cccnc1SCc1cc(=O)n2cc(Br)ccc2n1. The Balaban J connectivity index is 1.90. The molecule has 0 aliphatic carbocycles. The molecule has 0 bridgehead atoms. The van der Waals surface area contributed by atoms with Crippen molar-refractivity contribution in [3.63, 3.8) is 0 Å². The minimum Gasteiger partial charge on any atom is -0.545 e. The molecular formula is C15H9BrN3O3S-. The number of hydrogen-bond donors (Lipinski definition) is 0. The van der Waals surface area contributed by atoms with Crippen molar-refractivity contribution in [3.8, 4) is 0 Å². The second-order valence-electron chi connectivity index (χ2n) is 4.59. The number of carbonyl (C=O) groups excluding carboxylic acids is 1. The molecule has 3 heterocycles. The van der Waals surface area contributed by atoms with Crippen LogP contribution in [0.4, 0.5) is 0 Å². The van der Waals surface area contributed by atoms with Gasteiger partial charge in [-0.2, -0.15) is 0 Å². The van der Waals surface area contributed by atoms with E-state index in [0.29, 0.717) is 22.1 Å². The normalized spacial score (nSPS) is 10.8. The summed E-state index contributed by atoms with van der Waals surface area (Å²) in [5, 5.41) is 11.4. The quantitative estimate of drug-likeness (QED) is 0.627. The molecule has 8 heteroatoms. The molecule has 116 valence electrons. The highest BCUT2D eigenvalue weighted by molar-refractivity contribution is 9.10. The Morgan fingerprint density at radius 3 is 2.96 bits per heavy atom. The van der Waals surface area contributed by atoms with Gasteiger partial charge >= 0.3 is 0 Å². The second-order valence-corrected chi connectivity index (χ2v) is 6.47. The number of aromatic nitrogens is 3. The number of fused-ring (bicyclic) bond motifs is 1. The Bertz CT molecular complexity index is 958. The van der Waals surface area contributed by atoms with E-state index in [9.17, 15) is 14.7 Å². The summed E-state index contributed by atoms with van der Waals surface area (Å²) in [6, 6.07) is 7.92. The van der Waals surface area contributed by atoms with Gasteiger partial charge in [-0.15, -0.1) is 0 Å². The Labute approximate surface area is 143 Å². The van der Waals surface area contributed by atoms with Crippen molar-refractivity contribution in [2.24, 2.45) is 0 Å². The van der Waals surface area contributed by atoms with Gasteiger partial charge in [0.1, 0.15) is 10.7 Å². The monoisotopic (exact) mass is 390 g/mol. The van der Waals surface area contributed by atoms with Gasteiger partial charge in [-0.25, -0.2) is 9.97 Å². The number of carboxylic acids is 1. The number of hydrogen-bond acceptors (Lipinski definition) is 6. The highest BCUT2D eigenvalue weighted by Gasteiger charge is 2.08. The average molecular weight is 391 g/mol. The molecule has 0 spiro atoms. The predicted octanol–water partition coefficient (Wildman–Crippen LogP) is 1.51. The van der Waals surface area contributed by atoms with E-state index in [4.69, 9.17) is 0 Å². The number of thioether (sulfide) groups is 1. The summed E-state index contributed by atoms with van der Waals surface area (Å²) in [4.78, 5) is 31.6. The molecule has 0 amide bonds. The van der Waals surface area contributed by atoms with E-state index in [1.54, 1.807) is 18.3 Å². The summed E-state index contributed by atoms with van der Waals surface area (Å²) >= 11 is 4.50. The molecule has 0 atom stereocenters. The minimum absolute atomic E-state index is 0.0268. The van der Waals surface area contributed by atoms with Crippen LogP contribution in [0.15, 0.2) is 57.0 Å². The van der Waals surface area contributed by atoms with Gasteiger partial charge in [0, 0.05) is 34.2 Å². The summed E-state index contributed by atoms with van der Waals surface area (Å²) in [6.45, 7) is 0. The molecule has 0 N–H and O–H groups in total. The van der Waals surface area contributed by atoms with E-state index in [2.05, 4.69) is 25.9 Å². The smallest absolute Gasteiger partial charge is 0.258 e. The first-order chi connectivity index (χ1) is 11.0. The van der Waals surface area contributed by atoms with Gasteiger partial charge in [0.25, 0.3) is 5.56 Å². The number of carboxylic acid groups (broad SMARTS) is 1. The maximum Gasteiger partial charge on any atom is 0.258 e. The van der Waals surface area contributed by atoms with Gasteiger partial charge in [0.15, 0.2) is 0 Å². The van der Waals surface area contributed by atoms with Gasteiger partial charge in [-0.3, -0.25) is 9.20 Å². The van der Waals surface area contributed by atoms with Crippen molar-refractivity contribution >= 4 is 39.3 Å². The van der Waals surface area contributed by atoms with Crippen molar-refractivity contribution in [1.82, 2.24) is 14.4 Å². The van der Waals surface area contributed by atoms with Crippen LogP contribution in [0.3, 0.4) is 0 Å². The summed E-state index contributed by atoms with van der Waals surface area (Å²) in [7, 11) is 0. The van der Waals surface area contributed by atoms with E-state index in [-0.39, 0.29) is 11.1 Å². The highest BCUT2D eigenvalue weighted by Crippen LogP contribution is 2.23. The van der Waals surface area contributed by atoms with Gasteiger partial charge < -0.3 is 9.90 Å². The molecular weight excluding hydrogens is 382 g/mol. The van der Waals surface area contributed by atoms with Crippen molar-refractivity contribution in [3.05, 3.63) is 68.8 Å². The van der Waals surface area contributed by atoms with E-state index < -0.39 is 5.97 Å². The van der Waals surface area contributed by atoms with E-state index in [1.165, 1.54) is 40.6 Å². The standard InChI is InChI=1S/C15H10BrN3O3S/c16-9-3-4-12-18-10(6-13(20)19(12)7-9)8-23-14-11(15(21)22)2-1-5-17-14/h1-7H,8H2,(H,21,22)/p-1. The minimum atomic E-state index is -1.28. The van der Waals surface area contributed by atoms with E-state index in [0.717, 1.165) is 4.47 Å². The Hall–Kier alpha value is -2.19. The molecule has 0 aliphatic heterocycles. The molecule has 0 aromatic carbocycles. The average Bonchev–Trinajstić information content (AvgIpc) is 2.54. The summed E-state index contributed by atoms with van der Waals surface area (Å²) < 4.78 is 2.22.